The zero-order chi connectivity index (χ0) is 29.5. The highest BCUT2D eigenvalue weighted by Gasteiger charge is 2.30. The lowest BCUT2D eigenvalue weighted by Gasteiger charge is -2.28. The minimum Gasteiger partial charge on any atom is -0.302 e. The summed E-state index contributed by atoms with van der Waals surface area (Å²) in [6.07, 6.45) is 5.40. The van der Waals surface area contributed by atoms with Crippen molar-refractivity contribution in [3.05, 3.63) is 95.1 Å². The van der Waals surface area contributed by atoms with Crippen molar-refractivity contribution in [3.8, 4) is 11.1 Å². The Balaban J connectivity index is 1.72. The van der Waals surface area contributed by atoms with Gasteiger partial charge in [-0.25, -0.2) is 0 Å². The van der Waals surface area contributed by atoms with Gasteiger partial charge in [0, 0.05) is 26.2 Å². The fourth-order valence-corrected chi connectivity index (χ4v) is 5.18. The molecule has 0 bridgehead atoms. The number of alkyl halides is 3. The molecule has 2 nitrogen and oxygen atoms in total. The van der Waals surface area contributed by atoms with Crippen LogP contribution in [0.25, 0.3) is 11.1 Å². The van der Waals surface area contributed by atoms with Gasteiger partial charge in [0.1, 0.15) is 0 Å². The van der Waals surface area contributed by atoms with E-state index < -0.39 is 11.7 Å². The summed E-state index contributed by atoms with van der Waals surface area (Å²) in [7, 11) is 0. The molecule has 0 radical (unpaired) electrons. The molecule has 0 saturated carbocycles. The highest BCUT2D eigenvalue weighted by molar-refractivity contribution is 5.64. The lowest BCUT2D eigenvalue weighted by atomic mass is 10.0. The van der Waals surface area contributed by atoms with Crippen molar-refractivity contribution in [1.82, 2.24) is 9.80 Å². The second-order valence-corrected chi connectivity index (χ2v) is 11.3. The summed E-state index contributed by atoms with van der Waals surface area (Å²) in [6, 6.07) is 22.7. The number of rotatable bonds is 18. The van der Waals surface area contributed by atoms with Crippen LogP contribution in [0.15, 0.2) is 72.8 Å². The molecule has 41 heavy (non-hydrogen) atoms. The number of nitrogens with zero attached hydrogens (tertiary/aromatic N) is 2. The van der Waals surface area contributed by atoms with E-state index in [-0.39, 0.29) is 0 Å². The Hall–Kier alpha value is -2.63. The minimum atomic E-state index is -4.34. The van der Waals surface area contributed by atoms with Crippen molar-refractivity contribution in [3.63, 3.8) is 0 Å². The molecule has 0 saturated heterocycles. The van der Waals surface area contributed by atoms with Crippen molar-refractivity contribution < 1.29 is 13.2 Å². The lowest BCUT2D eigenvalue weighted by Crippen LogP contribution is -2.36. The molecular weight excluding hydrogens is 517 g/mol. The van der Waals surface area contributed by atoms with Gasteiger partial charge in [0.15, 0.2) is 0 Å². The first-order valence-electron chi connectivity index (χ1n) is 15.6. The second kappa shape index (κ2) is 17.4. The van der Waals surface area contributed by atoms with E-state index in [4.69, 9.17) is 0 Å². The second-order valence-electron chi connectivity index (χ2n) is 11.3. The van der Waals surface area contributed by atoms with Gasteiger partial charge in [0.05, 0.1) is 5.56 Å². The van der Waals surface area contributed by atoms with Gasteiger partial charge in [0.2, 0.25) is 0 Å². The van der Waals surface area contributed by atoms with E-state index in [2.05, 4.69) is 67.0 Å². The molecular formula is C36H49F3N2. The van der Waals surface area contributed by atoms with Gasteiger partial charge in [-0.3, -0.25) is 4.90 Å². The van der Waals surface area contributed by atoms with Crippen LogP contribution in [0.3, 0.4) is 0 Å². The van der Waals surface area contributed by atoms with Gasteiger partial charge >= 0.3 is 6.18 Å². The molecule has 0 N–H and O–H groups in total. The van der Waals surface area contributed by atoms with E-state index in [0.717, 1.165) is 57.3 Å². The summed E-state index contributed by atoms with van der Waals surface area (Å²) in [5.74, 6) is 0. The normalized spacial score (nSPS) is 12.0. The van der Waals surface area contributed by atoms with Crippen LogP contribution >= 0.6 is 0 Å². The molecule has 3 aromatic rings. The Morgan fingerprint density at radius 2 is 1.07 bits per heavy atom. The number of aryl methyl sites for hydroxylation is 1. The summed E-state index contributed by atoms with van der Waals surface area (Å²) in [5.41, 5.74) is 4.67. The van der Waals surface area contributed by atoms with E-state index in [0.29, 0.717) is 5.56 Å². The Morgan fingerprint density at radius 3 is 1.63 bits per heavy atom. The van der Waals surface area contributed by atoms with Crippen LogP contribution in [0.2, 0.25) is 0 Å². The number of hydrogen-bond acceptors (Lipinski definition) is 2. The molecule has 0 spiro atoms. The molecule has 0 aliphatic rings. The predicted molar refractivity (Wildman–Crippen MR) is 167 cm³/mol. The highest BCUT2D eigenvalue weighted by atomic mass is 19.4. The summed E-state index contributed by atoms with van der Waals surface area (Å²) in [4.78, 5) is 5.11. The quantitative estimate of drug-likeness (QED) is 0.141. The summed E-state index contributed by atoms with van der Waals surface area (Å²) >= 11 is 0. The van der Waals surface area contributed by atoms with Gasteiger partial charge < -0.3 is 4.90 Å². The molecule has 0 aliphatic carbocycles. The maximum atomic E-state index is 13.2. The highest BCUT2D eigenvalue weighted by Crippen LogP contribution is 2.32. The van der Waals surface area contributed by atoms with Gasteiger partial charge in [-0.05, 0) is 78.7 Å². The molecule has 0 heterocycles. The molecule has 0 fully saturated rings. The third kappa shape index (κ3) is 11.6. The number of unbranched alkanes of at least 4 members (excludes halogenated alkanes) is 4. The third-order valence-corrected chi connectivity index (χ3v) is 7.77. The average Bonchev–Trinajstić information content (AvgIpc) is 2.97. The lowest BCUT2D eigenvalue weighted by molar-refractivity contribution is -0.137. The zero-order valence-corrected chi connectivity index (χ0v) is 25.4. The number of benzene rings is 3. The Bertz CT molecular complexity index is 1110. The van der Waals surface area contributed by atoms with Crippen LogP contribution in [0.5, 0.6) is 0 Å². The molecule has 0 aliphatic heterocycles. The smallest absolute Gasteiger partial charge is 0.302 e. The van der Waals surface area contributed by atoms with Crippen molar-refractivity contribution in [1.29, 1.82) is 0 Å². The van der Waals surface area contributed by atoms with Crippen LogP contribution in [0, 0.1) is 0 Å². The van der Waals surface area contributed by atoms with Gasteiger partial charge in [0.25, 0.3) is 0 Å². The fourth-order valence-electron chi connectivity index (χ4n) is 5.18. The van der Waals surface area contributed by atoms with Gasteiger partial charge in [-0.2, -0.15) is 13.2 Å². The Labute approximate surface area is 246 Å². The maximum absolute atomic E-state index is 13.2. The molecule has 0 amide bonds. The molecule has 3 aromatic carbocycles. The predicted octanol–water partition coefficient (Wildman–Crippen LogP) is 10.0. The van der Waals surface area contributed by atoms with E-state index in [1.165, 1.54) is 73.8 Å². The van der Waals surface area contributed by atoms with E-state index in [1.54, 1.807) is 6.07 Å². The number of hydrogen-bond donors (Lipinski definition) is 0. The third-order valence-electron chi connectivity index (χ3n) is 7.77. The topological polar surface area (TPSA) is 6.48 Å². The number of halogens is 3. The minimum absolute atomic E-state index is 0.588. The van der Waals surface area contributed by atoms with Crippen molar-refractivity contribution in [2.24, 2.45) is 0 Å². The van der Waals surface area contributed by atoms with Crippen LogP contribution in [-0.4, -0.2) is 36.0 Å². The van der Waals surface area contributed by atoms with E-state index in [9.17, 15) is 13.2 Å². The Morgan fingerprint density at radius 1 is 0.537 bits per heavy atom. The fraction of sp³-hybridized carbons (Fsp3) is 0.500. The summed E-state index contributed by atoms with van der Waals surface area (Å²) < 4.78 is 39.7. The standard InChI is InChI=1S/C36H49F3N2/c1-4-7-10-12-30-15-17-31(18-16-30)28-41(26-25-40(23-8-5-2)24-9-6-3)29-32-19-21-33(22-20-32)34-13-11-14-35(27-34)36(37,38)39/h11,13-22,27H,4-10,12,23-26,28-29H2,1-3H3. The molecule has 5 heteroatoms. The monoisotopic (exact) mass is 566 g/mol. The first-order valence-corrected chi connectivity index (χ1v) is 15.6. The van der Waals surface area contributed by atoms with Crippen molar-refractivity contribution >= 4 is 0 Å². The molecule has 0 atom stereocenters. The van der Waals surface area contributed by atoms with Crippen LogP contribution in [-0.2, 0) is 25.7 Å². The SMILES string of the molecule is CCCCCc1ccc(CN(CCN(CCCC)CCCC)Cc2ccc(-c3cccc(C(F)(F)F)c3)cc2)cc1. The zero-order valence-electron chi connectivity index (χ0n) is 25.4. The van der Waals surface area contributed by atoms with Crippen LogP contribution < -0.4 is 0 Å². The molecule has 224 valence electrons. The molecule has 3 rings (SSSR count). The Kier molecular flexibility index (Phi) is 13.9. The van der Waals surface area contributed by atoms with Crippen molar-refractivity contribution in [2.45, 2.75) is 91.4 Å². The van der Waals surface area contributed by atoms with Crippen LogP contribution in [0.4, 0.5) is 13.2 Å². The first kappa shape index (κ1) is 32.9. The maximum Gasteiger partial charge on any atom is 0.416 e. The van der Waals surface area contributed by atoms with E-state index >= 15 is 0 Å². The van der Waals surface area contributed by atoms with Crippen LogP contribution in [0.1, 0.15) is 88.0 Å². The largest absolute Gasteiger partial charge is 0.416 e. The molecule has 0 unspecified atom stereocenters. The molecule has 0 aromatic heterocycles. The van der Waals surface area contributed by atoms with Gasteiger partial charge in [-0.1, -0.05) is 107 Å². The summed E-state index contributed by atoms with van der Waals surface area (Å²) in [6.45, 7) is 12.7. The first-order chi connectivity index (χ1) is 19.8. The van der Waals surface area contributed by atoms with Crippen molar-refractivity contribution in [2.75, 3.05) is 26.2 Å². The van der Waals surface area contributed by atoms with Gasteiger partial charge in [-0.15, -0.1) is 0 Å². The van der Waals surface area contributed by atoms with E-state index in [1.807, 2.05) is 12.1 Å². The summed E-state index contributed by atoms with van der Waals surface area (Å²) in [5, 5.41) is 0. The average molecular weight is 567 g/mol.